The van der Waals surface area contributed by atoms with E-state index in [1.165, 1.54) is 12.8 Å². The zero-order chi connectivity index (χ0) is 17.6. The molecule has 2 fully saturated rings. The van der Waals surface area contributed by atoms with Crippen LogP contribution in [0.1, 0.15) is 38.5 Å². The standard InChI is InChI=1S/C19H26Cl2N2O2/c20-15-5-6-18(17(21)12-15)25-11-1-2-19(24)23-9-7-16(8-10-23)22-13-14-3-4-14/h5-6,12,14,16,22H,1-4,7-11,13H2. The van der Waals surface area contributed by atoms with Gasteiger partial charge in [-0.3, -0.25) is 4.79 Å². The van der Waals surface area contributed by atoms with Crippen LogP contribution in [0.2, 0.25) is 10.0 Å². The SMILES string of the molecule is O=C(CCCOc1ccc(Cl)cc1Cl)N1CCC(NCC2CC2)CC1. The fraction of sp³-hybridized carbons (Fsp3) is 0.632. The number of likely N-dealkylation sites (tertiary alicyclic amines) is 1. The van der Waals surface area contributed by atoms with Crippen LogP contribution in [0.25, 0.3) is 0 Å². The average molecular weight is 385 g/mol. The van der Waals surface area contributed by atoms with Gasteiger partial charge in [-0.15, -0.1) is 0 Å². The Morgan fingerprint density at radius 2 is 1.96 bits per heavy atom. The predicted molar refractivity (Wildman–Crippen MR) is 102 cm³/mol. The van der Waals surface area contributed by atoms with Gasteiger partial charge < -0.3 is 15.0 Å². The van der Waals surface area contributed by atoms with Crippen molar-refractivity contribution in [2.75, 3.05) is 26.2 Å². The van der Waals surface area contributed by atoms with Gasteiger partial charge in [-0.05, 0) is 62.8 Å². The second-order valence-corrected chi connectivity index (χ2v) is 7.88. The third-order valence-electron chi connectivity index (χ3n) is 4.93. The largest absolute Gasteiger partial charge is 0.492 e. The molecule has 0 aromatic heterocycles. The molecule has 3 rings (SSSR count). The van der Waals surface area contributed by atoms with Crippen LogP contribution < -0.4 is 10.1 Å². The molecule has 1 aromatic rings. The maximum absolute atomic E-state index is 12.3. The predicted octanol–water partition coefficient (Wildman–Crippen LogP) is 4.14. The molecule has 1 amide bonds. The summed E-state index contributed by atoms with van der Waals surface area (Å²) in [4.78, 5) is 14.3. The topological polar surface area (TPSA) is 41.6 Å². The summed E-state index contributed by atoms with van der Waals surface area (Å²) in [7, 11) is 0. The summed E-state index contributed by atoms with van der Waals surface area (Å²) in [5, 5.41) is 4.73. The summed E-state index contributed by atoms with van der Waals surface area (Å²) < 4.78 is 5.64. The third-order valence-corrected chi connectivity index (χ3v) is 5.46. The van der Waals surface area contributed by atoms with Crippen LogP contribution in [-0.4, -0.2) is 43.1 Å². The Bertz CT molecular complexity index is 585. The Morgan fingerprint density at radius 1 is 1.20 bits per heavy atom. The molecule has 0 bridgehead atoms. The number of nitrogens with one attached hydrogen (secondary N) is 1. The third kappa shape index (κ3) is 6.05. The lowest BCUT2D eigenvalue weighted by Gasteiger charge is -2.32. The van der Waals surface area contributed by atoms with Crippen molar-refractivity contribution in [3.8, 4) is 5.75 Å². The number of carbonyl (C=O) groups excluding carboxylic acids is 1. The summed E-state index contributed by atoms with van der Waals surface area (Å²) in [6, 6.07) is 5.74. The van der Waals surface area contributed by atoms with Gasteiger partial charge in [0.15, 0.2) is 0 Å². The van der Waals surface area contributed by atoms with Crippen LogP contribution >= 0.6 is 23.2 Å². The molecule has 1 N–H and O–H groups in total. The van der Waals surface area contributed by atoms with E-state index in [1.807, 2.05) is 4.90 Å². The Labute approximate surface area is 159 Å². The minimum absolute atomic E-state index is 0.228. The van der Waals surface area contributed by atoms with E-state index < -0.39 is 0 Å². The van der Waals surface area contributed by atoms with Crippen LogP contribution in [0.4, 0.5) is 0 Å². The molecule has 1 aromatic carbocycles. The summed E-state index contributed by atoms with van der Waals surface area (Å²) in [6.45, 7) is 3.37. The maximum atomic E-state index is 12.3. The number of piperidine rings is 1. The highest BCUT2D eigenvalue weighted by molar-refractivity contribution is 6.35. The molecule has 0 atom stereocenters. The number of carbonyl (C=O) groups is 1. The first kappa shape index (κ1) is 18.8. The summed E-state index contributed by atoms with van der Waals surface area (Å²) >= 11 is 11.9. The number of hydrogen-bond acceptors (Lipinski definition) is 3. The number of hydrogen-bond donors (Lipinski definition) is 1. The molecule has 0 radical (unpaired) electrons. The smallest absolute Gasteiger partial charge is 0.222 e. The van der Waals surface area contributed by atoms with Gasteiger partial charge in [0.05, 0.1) is 11.6 Å². The lowest BCUT2D eigenvalue weighted by Crippen LogP contribution is -2.45. The Balaban J connectivity index is 1.30. The van der Waals surface area contributed by atoms with Crippen LogP contribution in [0.3, 0.4) is 0 Å². The summed E-state index contributed by atoms with van der Waals surface area (Å²) in [5.41, 5.74) is 0. The number of ether oxygens (including phenoxy) is 1. The lowest BCUT2D eigenvalue weighted by atomic mass is 10.0. The van der Waals surface area contributed by atoms with E-state index in [0.29, 0.717) is 41.3 Å². The van der Waals surface area contributed by atoms with Crippen molar-refractivity contribution in [1.82, 2.24) is 10.2 Å². The van der Waals surface area contributed by atoms with E-state index in [2.05, 4.69) is 5.32 Å². The lowest BCUT2D eigenvalue weighted by molar-refractivity contribution is -0.132. The Kier molecular flexibility index (Phi) is 6.85. The number of benzene rings is 1. The van der Waals surface area contributed by atoms with Gasteiger partial charge in [0.2, 0.25) is 5.91 Å². The van der Waals surface area contributed by atoms with Crippen molar-refractivity contribution in [2.24, 2.45) is 5.92 Å². The van der Waals surface area contributed by atoms with E-state index in [4.69, 9.17) is 27.9 Å². The van der Waals surface area contributed by atoms with Crippen molar-refractivity contribution in [3.05, 3.63) is 28.2 Å². The molecule has 6 heteroatoms. The zero-order valence-electron chi connectivity index (χ0n) is 14.5. The molecular formula is C19H26Cl2N2O2. The maximum Gasteiger partial charge on any atom is 0.222 e. The quantitative estimate of drug-likeness (QED) is 0.684. The van der Waals surface area contributed by atoms with Crippen LogP contribution in [0.15, 0.2) is 18.2 Å². The molecule has 1 aliphatic carbocycles. The van der Waals surface area contributed by atoms with E-state index in [1.54, 1.807) is 18.2 Å². The molecule has 0 spiro atoms. The van der Waals surface area contributed by atoms with Crippen molar-refractivity contribution in [2.45, 2.75) is 44.6 Å². The number of nitrogens with zero attached hydrogens (tertiary/aromatic N) is 1. The average Bonchev–Trinajstić information content (AvgIpc) is 3.43. The van der Waals surface area contributed by atoms with Crippen molar-refractivity contribution >= 4 is 29.1 Å². The molecule has 1 saturated heterocycles. The normalized spacial score (nSPS) is 18.4. The Morgan fingerprint density at radius 3 is 2.64 bits per heavy atom. The van der Waals surface area contributed by atoms with E-state index in [0.717, 1.165) is 38.4 Å². The summed E-state index contributed by atoms with van der Waals surface area (Å²) in [5.74, 6) is 1.75. The zero-order valence-corrected chi connectivity index (χ0v) is 16.0. The van der Waals surface area contributed by atoms with Gasteiger partial charge in [-0.1, -0.05) is 23.2 Å². The van der Waals surface area contributed by atoms with Crippen molar-refractivity contribution in [3.63, 3.8) is 0 Å². The highest BCUT2D eigenvalue weighted by Crippen LogP contribution is 2.28. The minimum Gasteiger partial charge on any atom is -0.492 e. The monoisotopic (exact) mass is 384 g/mol. The van der Waals surface area contributed by atoms with Gasteiger partial charge in [-0.25, -0.2) is 0 Å². The van der Waals surface area contributed by atoms with Gasteiger partial charge in [0, 0.05) is 30.6 Å². The number of amides is 1. The first-order valence-corrected chi connectivity index (χ1v) is 9.96. The van der Waals surface area contributed by atoms with Crippen LogP contribution in [0, 0.1) is 5.92 Å². The van der Waals surface area contributed by atoms with Gasteiger partial charge in [0.25, 0.3) is 0 Å². The van der Waals surface area contributed by atoms with Crippen molar-refractivity contribution in [1.29, 1.82) is 0 Å². The van der Waals surface area contributed by atoms with E-state index in [9.17, 15) is 4.79 Å². The molecule has 4 nitrogen and oxygen atoms in total. The molecule has 2 aliphatic rings. The van der Waals surface area contributed by atoms with Gasteiger partial charge >= 0.3 is 0 Å². The fourth-order valence-corrected chi connectivity index (χ4v) is 3.61. The van der Waals surface area contributed by atoms with Gasteiger partial charge in [0.1, 0.15) is 5.75 Å². The van der Waals surface area contributed by atoms with Crippen molar-refractivity contribution < 1.29 is 9.53 Å². The number of rotatable bonds is 8. The first-order valence-electron chi connectivity index (χ1n) is 9.21. The molecule has 138 valence electrons. The molecule has 1 saturated carbocycles. The molecular weight excluding hydrogens is 359 g/mol. The highest BCUT2D eigenvalue weighted by atomic mass is 35.5. The Hall–Kier alpha value is -0.970. The first-order chi connectivity index (χ1) is 12.1. The fourth-order valence-electron chi connectivity index (χ4n) is 3.14. The molecule has 1 heterocycles. The van der Waals surface area contributed by atoms with Crippen LogP contribution in [0.5, 0.6) is 5.75 Å². The van der Waals surface area contributed by atoms with E-state index >= 15 is 0 Å². The molecule has 0 unspecified atom stereocenters. The van der Waals surface area contributed by atoms with Crippen LogP contribution in [-0.2, 0) is 4.79 Å². The second-order valence-electron chi connectivity index (χ2n) is 7.03. The minimum atomic E-state index is 0.228. The molecule has 25 heavy (non-hydrogen) atoms. The molecule has 1 aliphatic heterocycles. The highest BCUT2D eigenvalue weighted by Gasteiger charge is 2.25. The number of halogens is 2. The second kappa shape index (κ2) is 9.11. The van der Waals surface area contributed by atoms with Gasteiger partial charge in [-0.2, -0.15) is 0 Å². The summed E-state index contributed by atoms with van der Waals surface area (Å²) in [6.07, 6.45) is 6.11. The van der Waals surface area contributed by atoms with E-state index in [-0.39, 0.29) is 5.91 Å².